The fraction of sp³-hybridized carbons (Fsp3) is 0.348. The summed E-state index contributed by atoms with van der Waals surface area (Å²) in [6.45, 7) is 4.27. The van der Waals surface area contributed by atoms with Crippen LogP contribution < -0.4 is 10.5 Å². The molecule has 1 unspecified atom stereocenters. The zero-order valence-electron chi connectivity index (χ0n) is 16.1. The number of likely N-dealkylation sites (tertiary alicyclic amines) is 1. The van der Waals surface area contributed by atoms with Crippen molar-refractivity contribution in [2.75, 3.05) is 19.3 Å². The lowest BCUT2D eigenvalue weighted by Gasteiger charge is -2.41. The molecule has 2 bridgehead atoms. The summed E-state index contributed by atoms with van der Waals surface area (Å²) in [6.07, 6.45) is 3.32. The topological polar surface area (TPSA) is 26.4 Å². The molecule has 3 nitrogen and oxygen atoms in total. The Morgan fingerprint density at radius 3 is 2.75 bits per heavy atom. The van der Waals surface area contributed by atoms with E-state index < -0.39 is 0 Å². The molecule has 0 spiro atoms. The van der Waals surface area contributed by atoms with Gasteiger partial charge in [-0.3, -0.25) is 4.79 Å². The van der Waals surface area contributed by atoms with Crippen molar-refractivity contribution in [1.29, 1.82) is 0 Å². The maximum Gasteiger partial charge on any atom is 0.250 e. The van der Waals surface area contributed by atoms with Crippen LogP contribution >= 0.6 is 23.1 Å². The highest BCUT2D eigenvalue weighted by molar-refractivity contribution is 7.98. The Morgan fingerprint density at radius 2 is 2.00 bits per heavy atom. The molecular weight excluding hydrogens is 384 g/mol. The highest BCUT2D eigenvalue weighted by Crippen LogP contribution is 2.37. The van der Waals surface area contributed by atoms with E-state index in [0.717, 1.165) is 19.6 Å². The molecule has 144 valence electrons. The molecule has 1 aromatic carbocycles. The molecular formula is C23H25N2OS2+. The summed E-state index contributed by atoms with van der Waals surface area (Å²) in [7, 11) is 0. The number of rotatable bonds is 4. The molecule has 3 aromatic rings. The number of thioether (sulfide) groups is 1. The van der Waals surface area contributed by atoms with Crippen molar-refractivity contribution < 1.29 is 4.90 Å². The quantitative estimate of drug-likeness (QED) is 0.668. The SMILES string of the molecule is CSc1ccc(-c2ccc(=O)n3c2[C@@H]2C[C@H](C3)C[NH+](Cc3cccs3)C2)cc1. The Morgan fingerprint density at radius 1 is 1.14 bits per heavy atom. The van der Waals surface area contributed by atoms with Crippen LogP contribution in [0.5, 0.6) is 0 Å². The molecule has 2 aliphatic heterocycles. The fourth-order valence-electron chi connectivity index (χ4n) is 5.06. The molecule has 0 saturated carbocycles. The van der Waals surface area contributed by atoms with Crippen molar-refractivity contribution >= 4 is 23.1 Å². The van der Waals surface area contributed by atoms with Crippen LogP contribution in [0.3, 0.4) is 0 Å². The van der Waals surface area contributed by atoms with E-state index >= 15 is 0 Å². The van der Waals surface area contributed by atoms with Gasteiger partial charge >= 0.3 is 0 Å². The van der Waals surface area contributed by atoms with Gasteiger partial charge in [0.25, 0.3) is 5.56 Å². The standard InChI is InChI=1S/C23H24N2OS2/c1-27-19-6-4-17(5-7-19)21-8-9-22(26)25-13-16-11-18(23(21)25)14-24(12-16)15-20-3-2-10-28-20/h2-10,16,18H,11-15H2,1H3/p+1/t16-,18+/m0/s1. The number of quaternary nitrogens is 1. The third kappa shape index (κ3) is 3.36. The highest BCUT2D eigenvalue weighted by Gasteiger charge is 2.38. The van der Waals surface area contributed by atoms with Crippen LogP contribution in [0.1, 0.15) is 22.9 Å². The van der Waals surface area contributed by atoms with Gasteiger partial charge in [0.05, 0.1) is 18.0 Å². The second-order valence-electron chi connectivity index (χ2n) is 8.02. The van der Waals surface area contributed by atoms with Crippen molar-refractivity contribution in [1.82, 2.24) is 4.57 Å². The molecule has 1 N–H and O–H groups in total. The number of thiophene rings is 1. The summed E-state index contributed by atoms with van der Waals surface area (Å²) in [5, 5.41) is 2.17. The van der Waals surface area contributed by atoms with Gasteiger partial charge < -0.3 is 9.47 Å². The van der Waals surface area contributed by atoms with E-state index in [-0.39, 0.29) is 5.56 Å². The van der Waals surface area contributed by atoms with E-state index in [1.807, 2.05) is 11.3 Å². The summed E-state index contributed by atoms with van der Waals surface area (Å²) in [6, 6.07) is 17.0. The molecule has 0 amide bonds. The Kier molecular flexibility index (Phi) is 4.91. The van der Waals surface area contributed by atoms with Crippen molar-refractivity contribution in [3.8, 4) is 11.1 Å². The van der Waals surface area contributed by atoms with Crippen LogP contribution in [-0.2, 0) is 13.1 Å². The number of pyridine rings is 1. The van der Waals surface area contributed by atoms with E-state index in [4.69, 9.17) is 0 Å². The Labute approximate surface area is 174 Å². The first-order chi connectivity index (χ1) is 13.7. The minimum absolute atomic E-state index is 0.163. The molecule has 0 aliphatic carbocycles. The third-order valence-corrected chi connectivity index (χ3v) is 7.81. The van der Waals surface area contributed by atoms with E-state index in [1.54, 1.807) is 22.7 Å². The van der Waals surface area contributed by atoms with E-state index in [0.29, 0.717) is 11.8 Å². The molecule has 1 saturated heterocycles. The second-order valence-corrected chi connectivity index (χ2v) is 9.93. The van der Waals surface area contributed by atoms with Crippen molar-refractivity contribution in [2.24, 2.45) is 5.92 Å². The van der Waals surface area contributed by atoms with Crippen LogP contribution in [0.25, 0.3) is 11.1 Å². The number of nitrogens with zero attached hydrogens (tertiary/aromatic N) is 1. The minimum Gasteiger partial charge on any atom is -0.330 e. The first-order valence-electron chi connectivity index (χ1n) is 9.95. The number of hydrogen-bond acceptors (Lipinski definition) is 3. The van der Waals surface area contributed by atoms with Crippen LogP contribution in [0.15, 0.2) is 63.6 Å². The molecule has 0 radical (unpaired) electrons. The normalized spacial score (nSPS) is 23.4. The zero-order valence-corrected chi connectivity index (χ0v) is 17.7. The lowest BCUT2D eigenvalue weighted by Crippen LogP contribution is -3.13. The Bertz CT molecular complexity index is 1020. The van der Waals surface area contributed by atoms with Crippen LogP contribution in [0.4, 0.5) is 0 Å². The van der Waals surface area contributed by atoms with Gasteiger partial charge in [-0.05, 0) is 47.9 Å². The lowest BCUT2D eigenvalue weighted by atomic mass is 9.80. The summed E-state index contributed by atoms with van der Waals surface area (Å²) in [4.78, 5) is 17.1. The van der Waals surface area contributed by atoms with Gasteiger partial charge in [-0.1, -0.05) is 18.2 Å². The average Bonchev–Trinajstić information content (AvgIpc) is 3.22. The molecule has 2 aromatic heterocycles. The second kappa shape index (κ2) is 7.54. The smallest absolute Gasteiger partial charge is 0.250 e. The van der Waals surface area contributed by atoms with Crippen molar-refractivity contribution in [2.45, 2.75) is 30.3 Å². The van der Waals surface area contributed by atoms with E-state index in [1.165, 1.54) is 39.6 Å². The maximum atomic E-state index is 12.7. The lowest BCUT2D eigenvalue weighted by molar-refractivity contribution is -0.924. The monoisotopic (exact) mass is 409 g/mol. The van der Waals surface area contributed by atoms with Crippen LogP contribution in [-0.4, -0.2) is 23.9 Å². The van der Waals surface area contributed by atoms with Gasteiger partial charge in [0, 0.05) is 40.6 Å². The van der Waals surface area contributed by atoms with Gasteiger partial charge in [0.1, 0.15) is 6.54 Å². The minimum atomic E-state index is 0.163. The summed E-state index contributed by atoms with van der Waals surface area (Å²) < 4.78 is 2.08. The van der Waals surface area contributed by atoms with Crippen LogP contribution in [0, 0.1) is 5.92 Å². The molecule has 28 heavy (non-hydrogen) atoms. The predicted molar refractivity (Wildman–Crippen MR) is 117 cm³/mol. The number of piperidine rings is 1. The highest BCUT2D eigenvalue weighted by atomic mass is 32.2. The Balaban J connectivity index is 1.52. The number of hydrogen-bond donors (Lipinski definition) is 1. The zero-order chi connectivity index (χ0) is 19.1. The number of aromatic nitrogens is 1. The van der Waals surface area contributed by atoms with Gasteiger partial charge in [0.2, 0.25) is 0 Å². The van der Waals surface area contributed by atoms with Gasteiger partial charge in [-0.2, -0.15) is 0 Å². The maximum absolute atomic E-state index is 12.7. The predicted octanol–water partition coefficient (Wildman–Crippen LogP) is 3.50. The van der Waals surface area contributed by atoms with Gasteiger partial charge in [-0.25, -0.2) is 0 Å². The van der Waals surface area contributed by atoms with E-state index in [2.05, 4.69) is 58.7 Å². The largest absolute Gasteiger partial charge is 0.330 e. The van der Waals surface area contributed by atoms with Gasteiger partial charge in [-0.15, -0.1) is 23.1 Å². The number of fused-ring (bicyclic) bond motifs is 4. The third-order valence-electron chi connectivity index (χ3n) is 6.19. The number of benzene rings is 1. The molecule has 5 rings (SSSR count). The summed E-state index contributed by atoms with van der Waals surface area (Å²) >= 11 is 3.62. The van der Waals surface area contributed by atoms with Gasteiger partial charge in [0.15, 0.2) is 0 Å². The summed E-state index contributed by atoms with van der Waals surface area (Å²) in [5.41, 5.74) is 3.90. The fourth-order valence-corrected chi connectivity index (χ4v) is 6.24. The first kappa shape index (κ1) is 18.2. The van der Waals surface area contributed by atoms with Crippen molar-refractivity contribution in [3.63, 3.8) is 0 Å². The molecule has 1 fully saturated rings. The molecule has 5 heteroatoms. The van der Waals surface area contributed by atoms with Crippen LogP contribution in [0.2, 0.25) is 0 Å². The average molecular weight is 410 g/mol. The van der Waals surface area contributed by atoms with E-state index in [9.17, 15) is 4.79 Å². The molecule has 3 atom stereocenters. The number of nitrogens with one attached hydrogen (secondary N) is 1. The molecule has 2 aliphatic rings. The Hall–Kier alpha value is -1.82. The van der Waals surface area contributed by atoms with Crippen molar-refractivity contribution in [3.05, 3.63) is 74.8 Å². The first-order valence-corrected chi connectivity index (χ1v) is 12.1. The molecule has 4 heterocycles. The summed E-state index contributed by atoms with van der Waals surface area (Å²) in [5.74, 6) is 1.07.